The molecule has 0 aliphatic heterocycles. The van der Waals surface area contributed by atoms with E-state index in [1.165, 1.54) is 141 Å². The average molecular weight is 691 g/mol. The summed E-state index contributed by atoms with van der Waals surface area (Å²) in [4.78, 5) is 34.3. The van der Waals surface area contributed by atoms with Crippen molar-refractivity contribution in [3.05, 3.63) is 0 Å². The van der Waals surface area contributed by atoms with Gasteiger partial charge in [0, 0.05) is 20.0 Å². The van der Waals surface area contributed by atoms with Gasteiger partial charge in [0.15, 0.2) is 6.10 Å². The molecular formula is C38H75O8P. The summed E-state index contributed by atoms with van der Waals surface area (Å²) in [6.07, 6.45) is 34.4. The second kappa shape index (κ2) is 34.9. The molecule has 0 rings (SSSR count). The van der Waals surface area contributed by atoms with Crippen LogP contribution in [0.4, 0.5) is 0 Å². The number of esters is 2. The van der Waals surface area contributed by atoms with Crippen molar-refractivity contribution in [3.8, 4) is 0 Å². The zero-order valence-corrected chi connectivity index (χ0v) is 31.9. The van der Waals surface area contributed by atoms with Crippen molar-refractivity contribution >= 4 is 19.8 Å². The predicted molar refractivity (Wildman–Crippen MR) is 193 cm³/mol. The van der Waals surface area contributed by atoms with Crippen molar-refractivity contribution < 1.29 is 37.6 Å². The second-order valence-corrected chi connectivity index (χ2v) is 15.0. The highest BCUT2D eigenvalue weighted by atomic mass is 31.2. The van der Waals surface area contributed by atoms with Crippen LogP contribution in [0, 0.1) is 0 Å². The Morgan fingerprint density at radius 3 is 1.17 bits per heavy atom. The van der Waals surface area contributed by atoms with Gasteiger partial charge in [-0.3, -0.25) is 18.6 Å². The maximum absolute atomic E-state index is 12.5. The van der Waals surface area contributed by atoms with Crippen LogP contribution in [0.2, 0.25) is 0 Å². The molecule has 280 valence electrons. The quantitative estimate of drug-likeness (QED) is 0.0390. The van der Waals surface area contributed by atoms with Crippen LogP contribution in [0.25, 0.3) is 0 Å². The Morgan fingerprint density at radius 2 is 0.830 bits per heavy atom. The number of rotatable bonds is 37. The van der Waals surface area contributed by atoms with Crippen molar-refractivity contribution in [3.63, 3.8) is 0 Å². The number of hydrogen-bond acceptors (Lipinski definition) is 7. The lowest BCUT2D eigenvalue weighted by atomic mass is 10.0. The van der Waals surface area contributed by atoms with Crippen LogP contribution in [0.5, 0.6) is 0 Å². The molecule has 0 amide bonds. The summed E-state index contributed by atoms with van der Waals surface area (Å²) in [6, 6.07) is 0. The smallest absolute Gasteiger partial charge is 0.462 e. The van der Waals surface area contributed by atoms with E-state index in [-0.39, 0.29) is 19.0 Å². The van der Waals surface area contributed by atoms with Crippen LogP contribution in [-0.2, 0) is 32.7 Å². The molecule has 2 atom stereocenters. The minimum absolute atomic E-state index is 0.217. The minimum Gasteiger partial charge on any atom is -0.462 e. The Labute approximate surface area is 289 Å². The normalized spacial score (nSPS) is 13.4. The summed E-state index contributed by atoms with van der Waals surface area (Å²) < 4.78 is 31.9. The lowest BCUT2D eigenvalue weighted by Crippen LogP contribution is -2.29. The molecule has 8 nitrogen and oxygen atoms in total. The fourth-order valence-electron chi connectivity index (χ4n) is 5.78. The number of ether oxygens (including phenoxy) is 2. The van der Waals surface area contributed by atoms with Gasteiger partial charge >= 0.3 is 19.8 Å². The third-order valence-electron chi connectivity index (χ3n) is 8.85. The summed E-state index contributed by atoms with van der Waals surface area (Å²) in [6.45, 7) is 3.89. The molecule has 47 heavy (non-hydrogen) atoms. The highest BCUT2D eigenvalue weighted by molar-refractivity contribution is 7.47. The van der Waals surface area contributed by atoms with Gasteiger partial charge in [-0.05, 0) is 12.8 Å². The van der Waals surface area contributed by atoms with Crippen LogP contribution in [0.15, 0.2) is 0 Å². The lowest BCUT2D eigenvalue weighted by Gasteiger charge is -2.19. The molecule has 0 fully saturated rings. The molecule has 0 spiro atoms. The number of phosphoric ester groups is 1. The standard InChI is InChI=1S/C38H75O8P/c1-4-6-8-10-12-14-16-17-18-19-20-21-23-25-27-29-31-33-38(40)46-36(35-45-47(41,42)43-3)34-44-37(39)32-30-28-26-24-22-15-13-11-9-7-5-2/h36H,4-35H2,1-3H3,(H,41,42). The van der Waals surface area contributed by atoms with Crippen LogP contribution >= 0.6 is 7.82 Å². The Morgan fingerprint density at radius 1 is 0.511 bits per heavy atom. The molecule has 0 aromatic heterocycles. The third kappa shape index (κ3) is 34.7. The predicted octanol–water partition coefficient (Wildman–Crippen LogP) is 11.9. The second-order valence-electron chi connectivity index (χ2n) is 13.4. The van der Waals surface area contributed by atoms with Gasteiger partial charge in [-0.2, -0.15) is 0 Å². The monoisotopic (exact) mass is 691 g/mol. The molecule has 1 N–H and O–H groups in total. The van der Waals surface area contributed by atoms with Gasteiger partial charge in [-0.1, -0.05) is 181 Å². The molecular weight excluding hydrogens is 615 g/mol. The fourth-order valence-corrected chi connectivity index (χ4v) is 6.24. The first-order valence-corrected chi connectivity index (χ1v) is 21.2. The Kier molecular flexibility index (Phi) is 34.2. The largest absolute Gasteiger partial charge is 0.472 e. The number of hydrogen-bond donors (Lipinski definition) is 1. The first kappa shape index (κ1) is 46.0. The van der Waals surface area contributed by atoms with E-state index in [4.69, 9.17) is 14.0 Å². The van der Waals surface area contributed by atoms with E-state index < -0.39 is 26.5 Å². The summed E-state index contributed by atoms with van der Waals surface area (Å²) in [7, 11) is -3.18. The maximum Gasteiger partial charge on any atom is 0.472 e. The Balaban J connectivity index is 3.97. The van der Waals surface area contributed by atoms with Gasteiger partial charge in [0.25, 0.3) is 0 Å². The molecule has 0 radical (unpaired) electrons. The van der Waals surface area contributed by atoms with E-state index in [1.54, 1.807) is 0 Å². The maximum atomic E-state index is 12.5. The average Bonchev–Trinajstić information content (AvgIpc) is 3.06. The van der Waals surface area contributed by atoms with E-state index in [0.29, 0.717) is 6.42 Å². The van der Waals surface area contributed by atoms with Crippen LogP contribution in [0.1, 0.15) is 206 Å². The van der Waals surface area contributed by atoms with Gasteiger partial charge in [0.05, 0.1) is 6.61 Å². The SMILES string of the molecule is CCCCCCCCCCCCCCCCCCCC(=O)OC(COC(=O)CCCCCCCCCCCCC)COP(=O)(O)OC. The van der Waals surface area contributed by atoms with Gasteiger partial charge in [0.2, 0.25) is 0 Å². The summed E-state index contributed by atoms with van der Waals surface area (Å²) >= 11 is 0. The molecule has 0 saturated carbocycles. The molecule has 0 heterocycles. The van der Waals surface area contributed by atoms with Gasteiger partial charge < -0.3 is 14.4 Å². The van der Waals surface area contributed by atoms with Crippen LogP contribution in [-0.4, -0.2) is 43.3 Å². The molecule has 0 aromatic rings. The number of carbonyl (C=O) groups is 2. The Bertz CT molecular complexity index is 747. The lowest BCUT2D eigenvalue weighted by molar-refractivity contribution is -0.161. The molecule has 2 unspecified atom stereocenters. The van der Waals surface area contributed by atoms with E-state index in [0.717, 1.165) is 45.6 Å². The molecule has 0 aliphatic carbocycles. The number of phosphoric acid groups is 1. The minimum atomic E-state index is -4.25. The summed E-state index contributed by atoms with van der Waals surface area (Å²) in [5.41, 5.74) is 0. The number of carbonyl (C=O) groups excluding carboxylic acids is 2. The molecule has 0 aromatic carbocycles. The third-order valence-corrected chi connectivity index (χ3v) is 9.79. The van der Waals surface area contributed by atoms with E-state index in [2.05, 4.69) is 18.4 Å². The van der Waals surface area contributed by atoms with Crippen LogP contribution < -0.4 is 0 Å². The van der Waals surface area contributed by atoms with Crippen molar-refractivity contribution in [2.75, 3.05) is 20.3 Å². The highest BCUT2D eigenvalue weighted by Crippen LogP contribution is 2.42. The topological polar surface area (TPSA) is 108 Å². The van der Waals surface area contributed by atoms with Crippen molar-refractivity contribution in [2.24, 2.45) is 0 Å². The first-order valence-electron chi connectivity index (χ1n) is 19.7. The zero-order valence-electron chi connectivity index (χ0n) is 31.0. The van der Waals surface area contributed by atoms with E-state index in [1.807, 2.05) is 0 Å². The molecule has 0 saturated heterocycles. The van der Waals surface area contributed by atoms with Crippen LogP contribution in [0.3, 0.4) is 0 Å². The zero-order chi connectivity index (χ0) is 34.7. The molecule has 9 heteroatoms. The van der Waals surface area contributed by atoms with Crippen molar-refractivity contribution in [2.45, 2.75) is 213 Å². The summed E-state index contributed by atoms with van der Waals surface area (Å²) in [5, 5.41) is 0. The molecule has 0 bridgehead atoms. The van der Waals surface area contributed by atoms with E-state index >= 15 is 0 Å². The number of unbranched alkanes of at least 4 members (excludes halogenated alkanes) is 26. The van der Waals surface area contributed by atoms with E-state index in [9.17, 15) is 19.0 Å². The highest BCUT2D eigenvalue weighted by Gasteiger charge is 2.24. The van der Waals surface area contributed by atoms with Gasteiger partial charge in [0.1, 0.15) is 6.61 Å². The summed E-state index contributed by atoms with van der Waals surface area (Å²) in [5.74, 6) is -0.791. The molecule has 0 aliphatic rings. The first-order chi connectivity index (χ1) is 22.8. The fraction of sp³-hybridized carbons (Fsp3) is 0.947. The van der Waals surface area contributed by atoms with Gasteiger partial charge in [-0.25, -0.2) is 4.57 Å². The van der Waals surface area contributed by atoms with Gasteiger partial charge in [-0.15, -0.1) is 0 Å². The van der Waals surface area contributed by atoms with Crippen molar-refractivity contribution in [1.29, 1.82) is 0 Å². The Hall–Kier alpha value is -0.950. The van der Waals surface area contributed by atoms with Crippen molar-refractivity contribution in [1.82, 2.24) is 0 Å².